The molecule has 0 saturated heterocycles. The van der Waals surface area contributed by atoms with Crippen LogP contribution in [0.15, 0.2) is 49.1 Å². The second kappa shape index (κ2) is 16.4. The SMILES string of the molecule is CONC/C=C/F.COc1ccccc1NC/C=C/F.Cl. The van der Waals surface area contributed by atoms with Gasteiger partial charge in [0.05, 0.1) is 32.6 Å². The van der Waals surface area contributed by atoms with Crippen molar-refractivity contribution in [1.29, 1.82) is 0 Å². The zero-order valence-corrected chi connectivity index (χ0v) is 12.8. The number of rotatable bonds is 7. The molecule has 0 spiro atoms. The lowest BCUT2D eigenvalue weighted by Crippen LogP contribution is -2.10. The van der Waals surface area contributed by atoms with Crippen molar-refractivity contribution >= 4 is 18.1 Å². The highest BCUT2D eigenvalue weighted by Crippen LogP contribution is 2.22. The van der Waals surface area contributed by atoms with E-state index in [1.807, 2.05) is 24.3 Å². The summed E-state index contributed by atoms with van der Waals surface area (Å²) < 4.78 is 27.8. The van der Waals surface area contributed by atoms with Crippen LogP contribution in [0.3, 0.4) is 0 Å². The minimum atomic E-state index is 0. The molecule has 0 aliphatic heterocycles. The molecule has 0 atom stereocenters. The van der Waals surface area contributed by atoms with E-state index < -0.39 is 0 Å². The summed E-state index contributed by atoms with van der Waals surface area (Å²) in [5.41, 5.74) is 3.29. The topological polar surface area (TPSA) is 42.5 Å². The highest BCUT2D eigenvalue weighted by Gasteiger charge is 1.97. The Hall–Kier alpha value is -1.63. The summed E-state index contributed by atoms with van der Waals surface area (Å²) in [4.78, 5) is 4.38. The summed E-state index contributed by atoms with van der Waals surface area (Å²) in [6.07, 6.45) is 3.68. The Labute approximate surface area is 130 Å². The minimum absolute atomic E-state index is 0. The molecule has 0 bridgehead atoms. The van der Waals surface area contributed by atoms with Crippen molar-refractivity contribution in [2.24, 2.45) is 0 Å². The number of hydrogen-bond donors (Lipinski definition) is 2. The highest BCUT2D eigenvalue weighted by atomic mass is 35.5. The average molecular weight is 323 g/mol. The van der Waals surface area contributed by atoms with Gasteiger partial charge in [-0.25, -0.2) is 8.78 Å². The Bertz CT molecular complexity index is 404. The third-order valence-corrected chi connectivity index (χ3v) is 2.04. The number of nitrogens with one attached hydrogen (secondary N) is 2. The molecule has 0 saturated carbocycles. The van der Waals surface area contributed by atoms with Crippen molar-refractivity contribution in [1.82, 2.24) is 5.48 Å². The van der Waals surface area contributed by atoms with E-state index in [0.717, 1.165) is 11.4 Å². The van der Waals surface area contributed by atoms with E-state index >= 15 is 0 Å². The Morgan fingerprint density at radius 3 is 2.24 bits per heavy atom. The molecular formula is C14H21ClF2N2O2. The molecule has 0 heterocycles. The lowest BCUT2D eigenvalue weighted by molar-refractivity contribution is 0.101. The lowest BCUT2D eigenvalue weighted by atomic mass is 10.3. The number of para-hydroxylation sites is 2. The number of ether oxygens (including phenoxy) is 1. The predicted octanol–water partition coefficient (Wildman–Crippen LogP) is 3.63. The van der Waals surface area contributed by atoms with Gasteiger partial charge in [0, 0.05) is 13.1 Å². The van der Waals surface area contributed by atoms with Crippen molar-refractivity contribution < 1.29 is 18.4 Å². The molecule has 4 nitrogen and oxygen atoms in total. The van der Waals surface area contributed by atoms with Crippen molar-refractivity contribution in [2.75, 3.05) is 32.6 Å². The maximum Gasteiger partial charge on any atom is 0.141 e. The van der Waals surface area contributed by atoms with Crippen LogP contribution in [0.4, 0.5) is 14.5 Å². The van der Waals surface area contributed by atoms with Gasteiger partial charge in [-0.15, -0.1) is 12.4 Å². The molecule has 1 aromatic carbocycles. The molecule has 120 valence electrons. The molecule has 0 aromatic heterocycles. The van der Waals surface area contributed by atoms with Gasteiger partial charge in [-0.05, 0) is 24.3 Å². The van der Waals surface area contributed by atoms with Crippen LogP contribution >= 0.6 is 12.4 Å². The van der Waals surface area contributed by atoms with E-state index in [0.29, 0.717) is 25.7 Å². The molecule has 21 heavy (non-hydrogen) atoms. The normalized spacial score (nSPS) is 9.90. The molecule has 0 unspecified atom stereocenters. The molecule has 2 N–H and O–H groups in total. The summed E-state index contributed by atoms with van der Waals surface area (Å²) in [7, 11) is 3.08. The van der Waals surface area contributed by atoms with Crippen LogP contribution in [0.5, 0.6) is 5.75 Å². The third kappa shape index (κ3) is 11.9. The summed E-state index contributed by atoms with van der Waals surface area (Å²) in [5, 5.41) is 3.01. The number of anilines is 1. The average Bonchev–Trinajstić information content (AvgIpc) is 2.49. The van der Waals surface area contributed by atoms with E-state index in [-0.39, 0.29) is 12.4 Å². The van der Waals surface area contributed by atoms with Crippen LogP contribution in [0.2, 0.25) is 0 Å². The maximum absolute atomic E-state index is 11.6. The van der Waals surface area contributed by atoms with Gasteiger partial charge in [0.2, 0.25) is 0 Å². The highest BCUT2D eigenvalue weighted by molar-refractivity contribution is 5.85. The Balaban J connectivity index is 0. The summed E-state index contributed by atoms with van der Waals surface area (Å²) in [5.74, 6) is 0.759. The molecule has 0 radical (unpaired) electrons. The van der Waals surface area contributed by atoms with Gasteiger partial charge in [-0.3, -0.25) is 0 Å². The fourth-order valence-electron chi connectivity index (χ4n) is 1.18. The van der Waals surface area contributed by atoms with Gasteiger partial charge in [0.1, 0.15) is 5.75 Å². The lowest BCUT2D eigenvalue weighted by Gasteiger charge is -2.08. The van der Waals surface area contributed by atoms with E-state index in [1.165, 1.54) is 19.3 Å². The Kier molecular flexibility index (Phi) is 16.9. The second-order valence-corrected chi connectivity index (χ2v) is 3.36. The molecule has 0 fully saturated rings. The summed E-state index contributed by atoms with van der Waals surface area (Å²) in [6.45, 7) is 0.865. The van der Waals surface area contributed by atoms with Crippen LogP contribution in [0.1, 0.15) is 0 Å². The second-order valence-electron chi connectivity index (χ2n) is 3.36. The van der Waals surface area contributed by atoms with Gasteiger partial charge in [-0.1, -0.05) is 12.1 Å². The van der Waals surface area contributed by atoms with Crippen LogP contribution in [0, 0.1) is 0 Å². The largest absolute Gasteiger partial charge is 0.495 e. The van der Waals surface area contributed by atoms with Crippen LogP contribution in [0.25, 0.3) is 0 Å². The molecule has 1 rings (SSSR count). The molecule has 1 aromatic rings. The van der Waals surface area contributed by atoms with Gasteiger partial charge in [0.15, 0.2) is 0 Å². The number of halogens is 3. The van der Waals surface area contributed by atoms with Gasteiger partial charge in [0.25, 0.3) is 0 Å². The molecule has 0 aliphatic carbocycles. The standard InChI is InChI=1S/C10H12FNO.C4H8FNO.ClH/c1-13-10-6-3-2-5-9(10)12-8-4-7-11;1-7-6-4-2-3-5;/h2-7,12H,8H2,1H3;2-3,6H,4H2,1H3;1H/b7-4+;3-2+;. The Morgan fingerprint density at radius 1 is 1.05 bits per heavy atom. The van der Waals surface area contributed by atoms with Gasteiger partial charge < -0.3 is 14.9 Å². The summed E-state index contributed by atoms with van der Waals surface area (Å²) in [6, 6.07) is 7.51. The van der Waals surface area contributed by atoms with Crippen molar-refractivity contribution in [3.8, 4) is 5.75 Å². The van der Waals surface area contributed by atoms with E-state index in [9.17, 15) is 8.78 Å². The molecule has 7 heteroatoms. The fourth-order valence-corrected chi connectivity index (χ4v) is 1.18. The first-order valence-electron chi connectivity index (χ1n) is 5.93. The summed E-state index contributed by atoms with van der Waals surface area (Å²) >= 11 is 0. The van der Waals surface area contributed by atoms with E-state index in [2.05, 4.69) is 15.6 Å². The number of hydroxylamine groups is 1. The van der Waals surface area contributed by atoms with Crippen molar-refractivity contribution in [3.63, 3.8) is 0 Å². The van der Waals surface area contributed by atoms with Gasteiger partial charge >= 0.3 is 0 Å². The zero-order valence-electron chi connectivity index (χ0n) is 12.0. The van der Waals surface area contributed by atoms with Crippen molar-refractivity contribution in [2.45, 2.75) is 0 Å². The predicted molar refractivity (Wildman–Crippen MR) is 84.2 cm³/mol. The number of hydrogen-bond acceptors (Lipinski definition) is 4. The van der Waals surface area contributed by atoms with Gasteiger partial charge in [-0.2, -0.15) is 5.48 Å². The molecule has 0 amide bonds. The Morgan fingerprint density at radius 2 is 1.67 bits per heavy atom. The van der Waals surface area contributed by atoms with Crippen LogP contribution in [-0.4, -0.2) is 27.3 Å². The molecule has 0 aliphatic rings. The number of methoxy groups -OCH3 is 1. The third-order valence-electron chi connectivity index (χ3n) is 2.04. The zero-order chi connectivity index (χ0) is 15.1. The van der Waals surface area contributed by atoms with E-state index in [4.69, 9.17) is 4.74 Å². The van der Waals surface area contributed by atoms with Crippen molar-refractivity contribution in [3.05, 3.63) is 49.1 Å². The van der Waals surface area contributed by atoms with Crippen LogP contribution < -0.4 is 15.5 Å². The molecular weight excluding hydrogens is 302 g/mol. The smallest absolute Gasteiger partial charge is 0.141 e. The van der Waals surface area contributed by atoms with Crippen LogP contribution in [-0.2, 0) is 4.84 Å². The quantitative estimate of drug-likeness (QED) is 0.594. The first-order valence-corrected chi connectivity index (χ1v) is 5.93. The monoisotopic (exact) mass is 322 g/mol. The minimum Gasteiger partial charge on any atom is -0.495 e. The number of benzene rings is 1. The first-order chi connectivity index (χ1) is 9.79. The first kappa shape index (κ1) is 21.7. The maximum atomic E-state index is 11.6. The van der Waals surface area contributed by atoms with E-state index in [1.54, 1.807) is 7.11 Å². The fraction of sp³-hybridized carbons (Fsp3) is 0.286.